The summed E-state index contributed by atoms with van der Waals surface area (Å²) >= 11 is 0. The Morgan fingerprint density at radius 1 is 1.20 bits per heavy atom. The molecule has 0 radical (unpaired) electrons. The molecule has 25 heavy (non-hydrogen) atoms. The number of ether oxygens (including phenoxy) is 1. The summed E-state index contributed by atoms with van der Waals surface area (Å²) in [5.41, 5.74) is 2.11. The number of nitrogens with zero attached hydrogens (tertiary/aromatic N) is 3. The predicted octanol–water partition coefficient (Wildman–Crippen LogP) is 4.05. The molecule has 0 fully saturated rings. The maximum atomic E-state index is 5.26. The van der Waals surface area contributed by atoms with Crippen LogP contribution in [0.2, 0.25) is 0 Å². The third kappa shape index (κ3) is 4.15. The van der Waals surface area contributed by atoms with E-state index < -0.39 is 0 Å². The number of methoxy groups -OCH3 is 1. The number of pyridine rings is 1. The highest BCUT2D eigenvalue weighted by Crippen LogP contribution is 2.25. The van der Waals surface area contributed by atoms with Crippen LogP contribution >= 0.6 is 0 Å². The Bertz CT molecular complexity index is 814. The lowest BCUT2D eigenvalue weighted by molar-refractivity contribution is 0.414. The molecule has 1 N–H and O–H groups in total. The van der Waals surface area contributed by atoms with Crippen LogP contribution in [0.5, 0.6) is 5.75 Å². The Labute approximate surface area is 147 Å². The molecule has 0 spiro atoms. The van der Waals surface area contributed by atoms with Gasteiger partial charge in [-0.15, -0.1) is 0 Å². The standard InChI is InChI=1S/C19H22N4O2/c1-13(15-6-8-16(24-3)9-7-15)10-12-21-18-17(5-4-11-20-18)19-22-14(2)23-25-19/h4-9,11,13H,10,12H2,1-3H3,(H,20,21). The van der Waals surface area contributed by atoms with Gasteiger partial charge in [0, 0.05) is 12.7 Å². The first-order valence-electron chi connectivity index (χ1n) is 8.31. The van der Waals surface area contributed by atoms with Gasteiger partial charge < -0.3 is 14.6 Å². The SMILES string of the molecule is COc1ccc(C(C)CCNc2ncccc2-c2nc(C)no2)cc1. The number of nitrogens with one attached hydrogen (secondary N) is 1. The molecule has 130 valence electrons. The minimum Gasteiger partial charge on any atom is -0.497 e. The van der Waals surface area contributed by atoms with Gasteiger partial charge in [-0.25, -0.2) is 4.98 Å². The van der Waals surface area contributed by atoms with Gasteiger partial charge in [-0.1, -0.05) is 24.2 Å². The molecule has 2 aromatic heterocycles. The molecule has 1 atom stereocenters. The summed E-state index contributed by atoms with van der Waals surface area (Å²) in [5.74, 6) is 3.15. The van der Waals surface area contributed by atoms with Gasteiger partial charge in [0.15, 0.2) is 5.82 Å². The van der Waals surface area contributed by atoms with Crippen LogP contribution in [0.3, 0.4) is 0 Å². The third-order valence-corrected chi connectivity index (χ3v) is 4.12. The first-order chi connectivity index (χ1) is 12.2. The minimum atomic E-state index is 0.427. The van der Waals surface area contributed by atoms with Crippen molar-refractivity contribution in [3.8, 4) is 17.2 Å². The lowest BCUT2D eigenvalue weighted by Gasteiger charge is -2.14. The Kier molecular flexibility index (Phi) is 5.28. The summed E-state index contributed by atoms with van der Waals surface area (Å²) in [6.07, 6.45) is 2.73. The highest BCUT2D eigenvalue weighted by molar-refractivity contribution is 5.68. The van der Waals surface area contributed by atoms with Crippen molar-refractivity contribution in [2.75, 3.05) is 19.0 Å². The van der Waals surface area contributed by atoms with Gasteiger partial charge in [-0.3, -0.25) is 0 Å². The molecule has 6 heteroatoms. The minimum absolute atomic E-state index is 0.427. The highest BCUT2D eigenvalue weighted by Gasteiger charge is 2.13. The molecule has 0 saturated carbocycles. The van der Waals surface area contributed by atoms with Crippen LogP contribution in [0.25, 0.3) is 11.5 Å². The first kappa shape index (κ1) is 17.0. The van der Waals surface area contributed by atoms with E-state index in [4.69, 9.17) is 9.26 Å². The number of aromatic nitrogens is 3. The molecule has 0 amide bonds. The van der Waals surface area contributed by atoms with Crippen LogP contribution in [0.4, 0.5) is 5.82 Å². The Balaban J connectivity index is 1.62. The van der Waals surface area contributed by atoms with Crippen LogP contribution in [-0.4, -0.2) is 28.8 Å². The molecule has 0 aliphatic rings. The van der Waals surface area contributed by atoms with Gasteiger partial charge >= 0.3 is 0 Å². The number of aryl methyl sites for hydroxylation is 1. The largest absolute Gasteiger partial charge is 0.497 e. The van der Waals surface area contributed by atoms with Crippen LogP contribution in [0.1, 0.15) is 30.7 Å². The molecule has 0 saturated heterocycles. The lowest BCUT2D eigenvalue weighted by Crippen LogP contribution is -2.08. The Morgan fingerprint density at radius 2 is 2.00 bits per heavy atom. The van der Waals surface area contributed by atoms with Gasteiger partial charge in [-0.05, 0) is 49.1 Å². The summed E-state index contributed by atoms with van der Waals surface area (Å²) in [5, 5.41) is 7.23. The van der Waals surface area contributed by atoms with E-state index >= 15 is 0 Å². The molecular formula is C19H22N4O2. The van der Waals surface area contributed by atoms with E-state index in [1.807, 2.05) is 24.3 Å². The van der Waals surface area contributed by atoms with E-state index in [9.17, 15) is 0 Å². The van der Waals surface area contributed by atoms with E-state index in [2.05, 4.69) is 39.5 Å². The van der Waals surface area contributed by atoms with E-state index in [1.54, 1.807) is 20.2 Å². The molecular weight excluding hydrogens is 316 g/mol. The van der Waals surface area contributed by atoms with Gasteiger partial charge in [0.2, 0.25) is 0 Å². The van der Waals surface area contributed by atoms with E-state index in [-0.39, 0.29) is 0 Å². The topological polar surface area (TPSA) is 73.1 Å². The summed E-state index contributed by atoms with van der Waals surface area (Å²) in [7, 11) is 1.68. The summed E-state index contributed by atoms with van der Waals surface area (Å²) in [4.78, 5) is 8.68. The summed E-state index contributed by atoms with van der Waals surface area (Å²) < 4.78 is 10.5. The van der Waals surface area contributed by atoms with Crippen LogP contribution in [-0.2, 0) is 0 Å². The fourth-order valence-corrected chi connectivity index (χ4v) is 2.63. The molecule has 6 nitrogen and oxygen atoms in total. The second-order valence-corrected chi connectivity index (χ2v) is 5.94. The first-order valence-corrected chi connectivity index (χ1v) is 8.31. The quantitative estimate of drug-likeness (QED) is 0.700. The zero-order chi connectivity index (χ0) is 17.6. The highest BCUT2D eigenvalue weighted by atomic mass is 16.5. The molecule has 0 aliphatic carbocycles. The number of rotatable bonds is 7. The predicted molar refractivity (Wildman–Crippen MR) is 96.8 cm³/mol. The zero-order valence-corrected chi connectivity index (χ0v) is 14.7. The molecule has 1 unspecified atom stereocenters. The Hall–Kier alpha value is -2.89. The number of hydrogen-bond donors (Lipinski definition) is 1. The van der Waals surface area contributed by atoms with Crippen molar-refractivity contribution in [2.45, 2.75) is 26.2 Å². The molecule has 0 aliphatic heterocycles. The van der Waals surface area contributed by atoms with Crippen LogP contribution < -0.4 is 10.1 Å². The van der Waals surface area contributed by atoms with Crippen molar-refractivity contribution in [2.24, 2.45) is 0 Å². The van der Waals surface area contributed by atoms with Gasteiger partial charge in [0.25, 0.3) is 5.89 Å². The fourth-order valence-electron chi connectivity index (χ4n) is 2.63. The van der Waals surface area contributed by atoms with Crippen molar-refractivity contribution < 1.29 is 9.26 Å². The molecule has 1 aromatic carbocycles. The van der Waals surface area contributed by atoms with Crippen molar-refractivity contribution in [1.29, 1.82) is 0 Å². The maximum absolute atomic E-state index is 5.26. The smallest absolute Gasteiger partial charge is 0.261 e. The van der Waals surface area contributed by atoms with Gasteiger partial charge in [0.1, 0.15) is 11.6 Å². The average Bonchev–Trinajstić information content (AvgIpc) is 3.08. The second kappa shape index (κ2) is 7.79. The van der Waals surface area contributed by atoms with Crippen LogP contribution in [0, 0.1) is 6.92 Å². The average molecular weight is 338 g/mol. The van der Waals surface area contributed by atoms with E-state index in [0.29, 0.717) is 17.6 Å². The van der Waals surface area contributed by atoms with Crippen molar-refractivity contribution in [1.82, 2.24) is 15.1 Å². The molecule has 2 heterocycles. The number of hydrogen-bond acceptors (Lipinski definition) is 6. The van der Waals surface area contributed by atoms with Crippen molar-refractivity contribution in [3.63, 3.8) is 0 Å². The van der Waals surface area contributed by atoms with Gasteiger partial charge in [0.05, 0.1) is 12.7 Å². The lowest BCUT2D eigenvalue weighted by atomic mass is 9.98. The molecule has 0 bridgehead atoms. The fraction of sp³-hybridized carbons (Fsp3) is 0.316. The monoisotopic (exact) mass is 338 g/mol. The molecule has 3 aromatic rings. The zero-order valence-electron chi connectivity index (χ0n) is 14.7. The summed E-state index contributed by atoms with van der Waals surface area (Å²) in [6.45, 7) is 4.81. The van der Waals surface area contributed by atoms with E-state index in [0.717, 1.165) is 30.1 Å². The Morgan fingerprint density at radius 3 is 2.68 bits per heavy atom. The third-order valence-electron chi connectivity index (χ3n) is 4.12. The second-order valence-electron chi connectivity index (χ2n) is 5.94. The van der Waals surface area contributed by atoms with Gasteiger partial charge in [-0.2, -0.15) is 4.98 Å². The van der Waals surface area contributed by atoms with Crippen molar-refractivity contribution >= 4 is 5.82 Å². The summed E-state index contributed by atoms with van der Waals surface area (Å²) in [6, 6.07) is 12.0. The number of anilines is 1. The van der Waals surface area contributed by atoms with Crippen molar-refractivity contribution in [3.05, 3.63) is 54.0 Å². The molecule has 3 rings (SSSR count). The van der Waals surface area contributed by atoms with Crippen LogP contribution in [0.15, 0.2) is 47.1 Å². The number of benzene rings is 1. The van der Waals surface area contributed by atoms with E-state index in [1.165, 1.54) is 5.56 Å². The maximum Gasteiger partial charge on any atom is 0.261 e. The normalized spacial score (nSPS) is 12.0.